The highest BCUT2D eigenvalue weighted by atomic mass is 16.1. The summed E-state index contributed by atoms with van der Waals surface area (Å²) in [4.78, 5) is 14.9. The fourth-order valence-corrected chi connectivity index (χ4v) is 2.33. The molecule has 0 radical (unpaired) electrons. The van der Waals surface area contributed by atoms with E-state index >= 15 is 0 Å². The van der Waals surface area contributed by atoms with Gasteiger partial charge in [0.05, 0.1) is 11.1 Å². The molecule has 0 unspecified atom stereocenters. The van der Waals surface area contributed by atoms with Gasteiger partial charge in [-0.2, -0.15) is 5.10 Å². The van der Waals surface area contributed by atoms with Crippen LogP contribution < -0.4 is 10.9 Å². The molecule has 0 bridgehead atoms. The second-order valence-corrected chi connectivity index (χ2v) is 5.99. The largest absolute Gasteiger partial charge is 0.338 e. The van der Waals surface area contributed by atoms with Gasteiger partial charge in [-0.05, 0) is 39.0 Å². The van der Waals surface area contributed by atoms with Crippen LogP contribution >= 0.6 is 0 Å². The molecule has 0 fully saturated rings. The third-order valence-electron chi connectivity index (χ3n) is 3.28. The summed E-state index contributed by atoms with van der Waals surface area (Å²) in [5.41, 5.74) is 1.38. The number of anilines is 2. The van der Waals surface area contributed by atoms with Gasteiger partial charge in [0, 0.05) is 11.9 Å². The molecule has 2 N–H and O–H groups in total. The molecule has 21 heavy (non-hydrogen) atoms. The lowest BCUT2D eigenvalue weighted by atomic mass is 10.1. The van der Waals surface area contributed by atoms with Crippen LogP contribution in [-0.2, 0) is 5.54 Å². The van der Waals surface area contributed by atoms with Crippen molar-refractivity contribution in [3.05, 3.63) is 52.9 Å². The number of aromatic amines is 1. The summed E-state index contributed by atoms with van der Waals surface area (Å²) in [5, 5.41) is 8.41. The smallest absolute Gasteiger partial charge is 0.261 e. The Bertz CT molecular complexity index is 825. The van der Waals surface area contributed by atoms with Crippen molar-refractivity contribution in [3.8, 4) is 0 Å². The van der Waals surface area contributed by atoms with Gasteiger partial charge < -0.3 is 10.3 Å². The standard InChI is InChI=1S/C16H18N4O/c1-16(2,3)20-12-9-10-17-15(21)13(12)14(19-20)18-11-7-5-4-6-8-11/h4-10H,1-3H3,(H,17,21)(H,18,19). The number of pyridine rings is 1. The fraction of sp³-hybridized carbons (Fsp3) is 0.250. The Morgan fingerprint density at radius 1 is 1.14 bits per heavy atom. The molecule has 3 rings (SSSR count). The lowest BCUT2D eigenvalue weighted by molar-refractivity contribution is 0.369. The quantitative estimate of drug-likeness (QED) is 0.758. The van der Waals surface area contributed by atoms with Gasteiger partial charge in [0.15, 0.2) is 5.82 Å². The van der Waals surface area contributed by atoms with Crippen LogP contribution in [0.1, 0.15) is 20.8 Å². The fourth-order valence-electron chi connectivity index (χ4n) is 2.33. The normalized spacial score (nSPS) is 11.8. The van der Waals surface area contributed by atoms with Crippen LogP contribution in [0.2, 0.25) is 0 Å². The van der Waals surface area contributed by atoms with E-state index in [9.17, 15) is 4.79 Å². The summed E-state index contributed by atoms with van der Waals surface area (Å²) in [6.45, 7) is 6.19. The van der Waals surface area contributed by atoms with E-state index in [1.165, 1.54) is 0 Å². The van der Waals surface area contributed by atoms with Crippen molar-refractivity contribution in [1.82, 2.24) is 14.8 Å². The average Bonchev–Trinajstić information content (AvgIpc) is 2.80. The van der Waals surface area contributed by atoms with Crippen LogP contribution in [0.5, 0.6) is 0 Å². The molecule has 0 atom stereocenters. The van der Waals surface area contributed by atoms with Crippen LogP contribution in [0, 0.1) is 0 Å². The van der Waals surface area contributed by atoms with Gasteiger partial charge in [0.2, 0.25) is 0 Å². The van der Waals surface area contributed by atoms with Crippen molar-refractivity contribution in [1.29, 1.82) is 0 Å². The first-order valence-corrected chi connectivity index (χ1v) is 6.90. The molecule has 1 aromatic carbocycles. The zero-order chi connectivity index (χ0) is 15.0. The third-order valence-corrected chi connectivity index (χ3v) is 3.28. The monoisotopic (exact) mass is 282 g/mol. The molecule has 0 amide bonds. The Labute approximate surface area is 122 Å². The zero-order valence-electron chi connectivity index (χ0n) is 12.3. The topological polar surface area (TPSA) is 62.7 Å². The molecule has 2 aromatic heterocycles. The predicted molar refractivity (Wildman–Crippen MR) is 85.1 cm³/mol. The number of fused-ring (bicyclic) bond motifs is 1. The zero-order valence-corrected chi connectivity index (χ0v) is 12.3. The second kappa shape index (κ2) is 4.77. The third kappa shape index (κ3) is 2.42. The molecule has 0 saturated heterocycles. The number of H-pyrrole nitrogens is 1. The molecule has 5 nitrogen and oxygen atoms in total. The first-order chi connectivity index (χ1) is 9.97. The van der Waals surface area contributed by atoms with E-state index in [4.69, 9.17) is 0 Å². The molecule has 2 heterocycles. The molecule has 0 spiro atoms. The van der Waals surface area contributed by atoms with Crippen LogP contribution in [0.4, 0.5) is 11.5 Å². The number of para-hydroxylation sites is 1. The Morgan fingerprint density at radius 2 is 1.86 bits per heavy atom. The number of benzene rings is 1. The molecule has 108 valence electrons. The van der Waals surface area contributed by atoms with Gasteiger partial charge in [-0.3, -0.25) is 9.48 Å². The highest BCUT2D eigenvalue weighted by Crippen LogP contribution is 2.27. The summed E-state index contributed by atoms with van der Waals surface area (Å²) in [6, 6.07) is 11.6. The number of nitrogens with zero attached hydrogens (tertiary/aromatic N) is 2. The van der Waals surface area contributed by atoms with Crippen LogP contribution in [0.15, 0.2) is 47.4 Å². The minimum Gasteiger partial charge on any atom is -0.338 e. The molecule has 3 aromatic rings. The first-order valence-electron chi connectivity index (χ1n) is 6.90. The predicted octanol–water partition coefficient (Wildman–Crippen LogP) is 3.22. The molecule has 5 heteroatoms. The van der Waals surface area contributed by atoms with Gasteiger partial charge in [-0.1, -0.05) is 18.2 Å². The van der Waals surface area contributed by atoms with E-state index in [0.29, 0.717) is 11.2 Å². The molecule has 0 saturated carbocycles. The van der Waals surface area contributed by atoms with Gasteiger partial charge >= 0.3 is 0 Å². The number of nitrogens with one attached hydrogen (secondary N) is 2. The summed E-state index contributed by atoms with van der Waals surface area (Å²) >= 11 is 0. The highest BCUT2D eigenvalue weighted by molar-refractivity contribution is 5.91. The Kier molecular flexibility index (Phi) is 3.05. The van der Waals surface area contributed by atoms with Crippen molar-refractivity contribution >= 4 is 22.4 Å². The van der Waals surface area contributed by atoms with Crippen molar-refractivity contribution in [2.45, 2.75) is 26.3 Å². The van der Waals surface area contributed by atoms with Gasteiger partial charge in [-0.15, -0.1) is 0 Å². The van der Waals surface area contributed by atoms with E-state index in [-0.39, 0.29) is 11.1 Å². The second-order valence-electron chi connectivity index (χ2n) is 5.99. The van der Waals surface area contributed by atoms with Crippen molar-refractivity contribution in [2.75, 3.05) is 5.32 Å². The average molecular weight is 282 g/mol. The van der Waals surface area contributed by atoms with Crippen LogP contribution in [-0.4, -0.2) is 14.8 Å². The number of aromatic nitrogens is 3. The van der Waals surface area contributed by atoms with E-state index in [1.807, 2.05) is 41.1 Å². The van der Waals surface area contributed by atoms with E-state index in [2.05, 4.69) is 36.2 Å². The Hall–Kier alpha value is -2.56. The number of hydrogen-bond donors (Lipinski definition) is 2. The van der Waals surface area contributed by atoms with Crippen molar-refractivity contribution in [3.63, 3.8) is 0 Å². The summed E-state index contributed by atoms with van der Waals surface area (Å²) in [6.07, 6.45) is 1.65. The van der Waals surface area contributed by atoms with E-state index in [0.717, 1.165) is 11.2 Å². The maximum atomic E-state index is 12.2. The Morgan fingerprint density at radius 3 is 2.52 bits per heavy atom. The van der Waals surface area contributed by atoms with Crippen LogP contribution in [0.25, 0.3) is 10.9 Å². The minimum atomic E-state index is -0.206. The number of hydrogen-bond acceptors (Lipinski definition) is 3. The summed E-state index contributed by atoms with van der Waals surface area (Å²) < 4.78 is 1.88. The lowest BCUT2D eigenvalue weighted by Crippen LogP contribution is -2.23. The maximum absolute atomic E-state index is 12.2. The van der Waals surface area contributed by atoms with Crippen molar-refractivity contribution < 1.29 is 0 Å². The Balaban J connectivity index is 2.21. The van der Waals surface area contributed by atoms with Crippen LogP contribution in [0.3, 0.4) is 0 Å². The van der Waals surface area contributed by atoms with E-state index in [1.54, 1.807) is 6.20 Å². The first kappa shape index (κ1) is 13.4. The SMILES string of the molecule is CC(C)(C)n1nc(Nc2ccccc2)c2c(=O)[nH]ccc21. The van der Waals surface area contributed by atoms with Gasteiger partial charge in [0.1, 0.15) is 5.39 Å². The highest BCUT2D eigenvalue weighted by Gasteiger charge is 2.21. The summed E-state index contributed by atoms with van der Waals surface area (Å²) in [5.74, 6) is 0.577. The van der Waals surface area contributed by atoms with Crippen molar-refractivity contribution in [2.24, 2.45) is 0 Å². The minimum absolute atomic E-state index is 0.138. The molecular weight excluding hydrogens is 264 g/mol. The number of rotatable bonds is 2. The summed E-state index contributed by atoms with van der Waals surface area (Å²) in [7, 11) is 0. The van der Waals surface area contributed by atoms with E-state index < -0.39 is 0 Å². The maximum Gasteiger partial charge on any atom is 0.261 e. The van der Waals surface area contributed by atoms with Gasteiger partial charge in [-0.25, -0.2) is 0 Å². The molecule has 0 aliphatic carbocycles. The molecule has 0 aliphatic rings. The lowest BCUT2D eigenvalue weighted by Gasteiger charge is -2.20. The molecule has 0 aliphatic heterocycles. The molecular formula is C16H18N4O. The van der Waals surface area contributed by atoms with Gasteiger partial charge in [0.25, 0.3) is 5.56 Å².